The van der Waals surface area contributed by atoms with Gasteiger partial charge in [-0.05, 0) is 19.8 Å². The van der Waals surface area contributed by atoms with Gasteiger partial charge < -0.3 is 29.6 Å². The third kappa shape index (κ3) is 4.33. The van der Waals surface area contributed by atoms with E-state index >= 15 is 0 Å². The lowest BCUT2D eigenvalue weighted by atomic mass is 9.97. The zero-order valence-corrected chi connectivity index (χ0v) is 16.1. The van der Waals surface area contributed by atoms with E-state index in [0.29, 0.717) is 19.4 Å². The predicted octanol–water partition coefficient (Wildman–Crippen LogP) is -0.680. The largest absolute Gasteiger partial charge is 0.394 e. The van der Waals surface area contributed by atoms with Crippen LogP contribution in [0.25, 0.3) is 0 Å². The van der Waals surface area contributed by atoms with Crippen molar-refractivity contribution < 1.29 is 34.4 Å². The summed E-state index contributed by atoms with van der Waals surface area (Å²) >= 11 is 0. The number of nitrogens with one attached hydrogen (secondary N) is 1. The first-order chi connectivity index (χ1) is 13.3. The van der Waals surface area contributed by atoms with E-state index in [1.165, 1.54) is 12.3 Å². The molecule has 0 radical (unpaired) electrons. The molecule has 4 atom stereocenters. The van der Waals surface area contributed by atoms with E-state index in [9.17, 15) is 19.8 Å². The van der Waals surface area contributed by atoms with Gasteiger partial charge >= 0.3 is 11.7 Å². The maximum atomic E-state index is 12.4. The summed E-state index contributed by atoms with van der Waals surface area (Å²) in [5.74, 6) is -0.660. The summed E-state index contributed by atoms with van der Waals surface area (Å²) in [5.41, 5.74) is 0.432. The minimum atomic E-state index is -1.41. The smallest absolute Gasteiger partial charge is 0.363 e. The molecule has 11 nitrogen and oxygen atoms in total. The highest BCUT2D eigenvalue weighted by Crippen LogP contribution is 2.28. The number of rotatable bonds is 9. The van der Waals surface area contributed by atoms with Crippen LogP contribution in [-0.4, -0.2) is 68.0 Å². The summed E-state index contributed by atoms with van der Waals surface area (Å²) in [7, 11) is 0. The van der Waals surface area contributed by atoms with Crippen molar-refractivity contribution in [1.82, 2.24) is 9.55 Å². The van der Waals surface area contributed by atoms with Gasteiger partial charge in [0.1, 0.15) is 18.3 Å². The molecule has 0 aliphatic carbocycles. The van der Waals surface area contributed by atoms with Crippen molar-refractivity contribution in [1.29, 1.82) is 0 Å². The second kappa shape index (κ2) is 9.43. The van der Waals surface area contributed by atoms with Crippen molar-refractivity contribution in [3.63, 3.8) is 0 Å². The molecule has 28 heavy (non-hydrogen) atoms. The van der Waals surface area contributed by atoms with Gasteiger partial charge in [0.05, 0.1) is 6.61 Å². The second-order valence-electron chi connectivity index (χ2n) is 6.36. The average molecular weight is 401 g/mol. The van der Waals surface area contributed by atoms with Gasteiger partial charge in [0.2, 0.25) is 0 Å². The third-order valence-electron chi connectivity index (χ3n) is 4.80. The highest BCUT2D eigenvalue weighted by Gasteiger charge is 2.43. The zero-order chi connectivity index (χ0) is 20.9. The molecule has 1 aromatic rings. The third-order valence-corrected chi connectivity index (χ3v) is 4.80. The van der Waals surface area contributed by atoms with E-state index < -0.39 is 48.4 Å². The Bertz CT molecular complexity index is 721. The maximum Gasteiger partial charge on any atom is 0.363 e. The van der Waals surface area contributed by atoms with Gasteiger partial charge in [-0.3, -0.25) is 4.57 Å². The van der Waals surface area contributed by atoms with E-state index in [-0.39, 0.29) is 5.82 Å². The van der Waals surface area contributed by atoms with Crippen molar-refractivity contribution in [2.24, 2.45) is 0 Å². The fourth-order valence-electron chi connectivity index (χ4n) is 3.04. The monoisotopic (exact) mass is 401 g/mol. The molecule has 4 N–H and O–H groups in total. The molecule has 1 fully saturated rings. The van der Waals surface area contributed by atoms with E-state index in [1.807, 2.05) is 0 Å². The summed E-state index contributed by atoms with van der Waals surface area (Å²) in [6.45, 7) is 5.22. The molecular formula is C17H27N3O8. The van der Waals surface area contributed by atoms with Crippen LogP contribution in [0.5, 0.6) is 0 Å². The van der Waals surface area contributed by atoms with Crippen LogP contribution < -0.4 is 11.2 Å². The van der Waals surface area contributed by atoms with Crippen molar-refractivity contribution in [2.45, 2.75) is 63.8 Å². The van der Waals surface area contributed by atoms with Crippen molar-refractivity contribution in [3.05, 3.63) is 22.7 Å². The van der Waals surface area contributed by atoms with Gasteiger partial charge in [0, 0.05) is 18.9 Å². The number of carbonyl (C=O) groups excluding carboxylic acids is 1. The lowest BCUT2D eigenvalue weighted by Gasteiger charge is -2.28. The Morgan fingerprint density at radius 3 is 2.50 bits per heavy atom. The number of aliphatic hydroxyl groups excluding tert-OH is 3. The van der Waals surface area contributed by atoms with Gasteiger partial charge in [-0.1, -0.05) is 13.8 Å². The minimum Gasteiger partial charge on any atom is -0.394 e. The van der Waals surface area contributed by atoms with Crippen molar-refractivity contribution in [2.75, 3.05) is 18.7 Å². The lowest BCUT2D eigenvalue weighted by Crippen LogP contribution is -2.43. The number of hydrogen-bond donors (Lipinski definition) is 4. The molecule has 2 heterocycles. The zero-order valence-electron chi connectivity index (χ0n) is 16.1. The Balaban J connectivity index is 2.09. The standard InChI is InChI=1S/C17H27N3O8/c1-4-17(5-2,26-6-3)15(24)28-19-11-7-8-20(16(25)18-11)14-13(23)12(22)10(9-21)27-14/h7-8,10,12-14,21-23H,4-6,9H2,1-3H3,(H,18,19,25)/t10-,12-,13-,14-/m1/s1. The Labute approximate surface area is 161 Å². The number of aromatic nitrogens is 2. The number of nitrogens with zero attached hydrogens (tertiary/aromatic N) is 2. The van der Waals surface area contributed by atoms with E-state index in [4.69, 9.17) is 19.4 Å². The summed E-state index contributed by atoms with van der Waals surface area (Å²) in [5, 5.41) is 28.9. The van der Waals surface area contributed by atoms with Gasteiger partial charge in [-0.2, -0.15) is 4.98 Å². The molecule has 0 bridgehead atoms. The van der Waals surface area contributed by atoms with Crippen LogP contribution in [0.2, 0.25) is 0 Å². The molecule has 158 valence electrons. The highest BCUT2D eigenvalue weighted by atomic mass is 16.7. The van der Waals surface area contributed by atoms with Crippen molar-refractivity contribution >= 4 is 11.8 Å². The van der Waals surface area contributed by atoms with Crippen LogP contribution in [-0.2, 0) is 19.1 Å². The first-order valence-corrected chi connectivity index (χ1v) is 9.16. The number of aliphatic hydroxyl groups is 3. The van der Waals surface area contributed by atoms with Gasteiger partial charge in [-0.15, -0.1) is 0 Å². The van der Waals surface area contributed by atoms with Crippen LogP contribution in [0, 0.1) is 0 Å². The van der Waals surface area contributed by atoms with Crippen LogP contribution in [0.4, 0.5) is 5.82 Å². The van der Waals surface area contributed by atoms with Crippen LogP contribution in [0.1, 0.15) is 39.8 Å². The van der Waals surface area contributed by atoms with Gasteiger partial charge in [0.15, 0.2) is 17.6 Å². The van der Waals surface area contributed by atoms with Crippen LogP contribution in [0.15, 0.2) is 17.1 Å². The molecule has 0 amide bonds. The molecule has 0 saturated carbocycles. The maximum absolute atomic E-state index is 12.4. The average Bonchev–Trinajstić information content (AvgIpc) is 2.98. The lowest BCUT2D eigenvalue weighted by molar-refractivity contribution is -0.170. The molecule has 1 aliphatic heterocycles. The fourth-order valence-corrected chi connectivity index (χ4v) is 3.04. The van der Waals surface area contributed by atoms with Crippen molar-refractivity contribution in [3.8, 4) is 0 Å². The molecular weight excluding hydrogens is 374 g/mol. The molecule has 0 spiro atoms. The normalized spacial score (nSPS) is 24.9. The Hall–Kier alpha value is -2.05. The molecule has 11 heteroatoms. The van der Waals surface area contributed by atoms with E-state index in [2.05, 4.69) is 10.5 Å². The summed E-state index contributed by atoms with van der Waals surface area (Å²) in [6.07, 6.45) is -2.86. The molecule has 0 aromatic carbocycles. The Kier molecular flexibility index (Phi) is 7.49. The topological polar surface area (TPSA) is 152 Å². The first kappa shape index (κ1) is 22.2. The molecule has 0 unspecified atom stereocenters. The summed E-state index contributed by atoms with van der Waals surface area (Å²) in [4.78, 5) is 33.4. The second-order valence-corrected chi connectivity index (χ2v) is 6.36. The fraction of sp³-hybridized carbons (Fsp3) is 0.706. The molecule has 1 saturated heterocycles. The number of carbonyl (C=O) groups is 1. The first-order valence-electron chi connectivity index (χ1n) is 9.16. The van der Waals surface area contributed by atoms with Gasteiger partial charge in [0.25, 0.3) is 0 Å². The number of ether oxygens (including phenoxy) is 2. The molecule has 1 aliphatic rings. The SMILES string of the molecule is CCOC(CC)(CC)C(=O)ONc1ccn([C@@H]2O[C@H](CO)[C@@H](O)[C@H]2O)c(=O)n1. The Morgan fingerprint density at radius 2 is 2.00 bits per heavy atom. The van der Waals surface area contributed by atoms with E-state index in [0.717, 1.165) is 4.57 Å². The van der Waals surface area contributed by atoms with Crippen LogP contribution >= 0.6 is 0 Å². The Morgan fingerprint density at radius 1 is 1.32 bits per heavy atom. The highest BCUT2D eigenvalue weighted by molar-refractivity contribution is 5.80. The predicted molar refractivity (Wildman–Crippen MR) is 96.2 cm³/mol. The number of hydrogen-bond acceptors (Lipinski definition) is 10. The quantitative estimate of drug-likeness (QED) is 0.392. The molecule has 1 aromatic heterocycles. The van der Waals surface area contributed by atoms with Crippen LogP contribution in [0.3, 0.4) is 0 Å². The summed E-state index contributed by atoms with van der Waals surface area (Å²) < 4.78 is 11.8. The summed E-state index contributed by atoms with van der Waals surface area (Å²) in [6, 6.07) is 1.34. The van der Waals surface area contributed by atoms with E-state index in [1.54, 1.807) is 20.8 Å². The minimum absolute atomic E-state index is 0.0288. The van der Waals surface area contributed by atoms with Gasteiger partial charge in [-0.25, -0.2) is 15.1 Å². The molecule has 2 rings (SSSR count). The number of anilines is 1.